The normalized spacial score (nSPS) is 12.1. The van der Waals surface area contributed by atoms with Crippen LogP contribution in [0.5, 0.6) is 0 Å². The predicted molar refractivity (Wildman–Crippen MR) is 62.5 cm³/mol. The van der Waals surface area contributed by atoms with Crippen LogP contribution in [0.15, 0.2) is 0 Å². The van der Waals surface area contributed by atoms with E-state index in [1.165, 1.54) is 0 Å². The Labute approximate surface area is 91.7 Å². The molecule has 82 valence electrons. The highest BCUT2D eigenvalue weighted by molar-refractivity contribution is 5.41. The average molecular weight is 205 g/mol. The number of aryl methyl sites for hydroxylation is 2. The maximum Gasteiger partial charge on any atom is 0.0753 e. The summed E-state index contributed by atoms with van der Waals surface area (Å²) in [5.41, 5.74) is 8.77. The lowest BCUT2D eigenvalue weighted by molar-refractivity contribution is 0.583. The Balaban J connectivity index is 3.04. The fourth-order valence-corrected chi connectivity index (χ4v) is 1.49. The van der Waals surface area contributed by atoms with Gasteiger partial charge in [0.25, 0.3) is 0 Å². The van der Waals surface area contributed by atoms with Crippen LogP contribution in [0.25, 0.3) is 0 Å². The van der Waals surface area contributed by atoms with Crippen molar-refractivity contribution in [1.82, 2.24) is 9.78 Å². The Morgan fingerprint density at radius 3 is 2.67 bits per heavy atom. The van der Waals surface area contributed by atoms with E-state index in [-0.39, 0.29) is 6.04 Å². The number of aromatic nitrogens is 2. The predicted octanol–water partition coefficient (Wildman–Crippen LogP) is 1.61. The van der Waals surface area contributed by atoms with Crippen LogP contribution in [0, 0.1) is 25.7 Å². The van der Waals surface area contributed by atoms with Crippen LogP contribution in [0.4, 0.5) is 0 Å². The van der Waals surface area contributed by atoms with Gasteiger partial charge < -0.3 is 5.73 Å². The molecule has 0 spiro atoms. The first-order valence-electron chi connectivity index (χ1n) is 5.37. The molecule has 2 N–H and O–H groups in total. The molecular weight excluding hydrogens is 186 g/mol. The first-order valence-corrected chi connectivity index (χ1v) is 5.37. The SMILES string of the molecule is CCCn1nc(C)c(C#CC(C)N)c1C. The van der Waals surface area contributed by atoms with Crippen molar-refractivity contribution in [2.75, 3.05) is 0 Å². The lowest BCUT2D eigenvalue weighted by Gasteiger charge is -2.00. The second-order valence-corrected chi connectivity index (χ2v) is 3.83. The fraction of sp³-hybridized carbons (Fsp3) is 0.583. The molecule has 0 radical (unpaired) electrons. The summed E-state index contributed by atoms with van der Waals surface area (Å²) in [7, 11) is 0. The standard InChI is InChI=1S/C12H19N3/c1-5-8-15-11(4)12(10(3)14-15)7-6-9(2)13/h9H,5,8,13H2,1-4H3. The summed E-state index contributed by atoms with van der Waals surface area (Å²) >= 11 is 0. The van der Waals surface area contributed by atoms with Gasteiger partial charge in [0.15, 0.2) is 0 Å². The van der Waals surface area contributed by atoms with Crippen molar-refractivity contribution < 1.29 is 0 Å². The van der Waals surface area contributed by atoms with E-state index in [1.54, 1.807) is 0 Å². The van der Waals surface area contributed by atoms with Crippen LogP contribution in [-0.4, -0.2) is 15.8 Å². The summed E-state index contributed by atoms with van der Waals surface area (Å²) < 4.78 is 2.01. The van der Waals surface area contributed by atoms with Gasteiger partial charge in [-0.05, 0) is 27.2 Å². The molecule has 0 aliphatic carbocycles. The molecule has 3 heteroatoms. The molecule has 1 aromatic rings. The summed E-state index contributed by atoms with van der Waals surface area (Å²) in [4.78, 5) is 0. The Bertz CT molecular complexity index is 391. The number of nitrogens with zero attached hydrogens (tertiary/aromatic N) is 2. The van der Waals surface area contributed by atoms with Crippen LogP contribution in [-0.2, 0) is 6.54 Å². The van der Waals surface area contributed by atoms with E-state index < -0.39 is 0 Å². The molecule has 0 aliphatic rings. The molecule has 1 rings (SSSR count). The number of nitrogens with two attached hydrogens (primary N) is 1. The van der Waals surface area contributed by atoms with E-state index in [1.807, 2.05) is 18.5 Å². The molecule has 0 aromatic carbocycles. The largest absolute Gasteiger partial charge is 0.318 e. The second-order valence-electron chi connectivity index (χ2n) is 3.83. The molecule has 15 heavy (non-hydrogen) atoms. The van der Waals surface area contributed by atoms with Gasteiger partial charge in [-0.25, -0.2) is 0 Å². The summed E-state index contributed by atoms with van der Waals surface area (Å²) in [5, 5.41) is 4.45. The molecule has 1 atom stereocenters. The molecule has 0 saturated heterocycles. The summed E-state index contributed by atoms with van der Waals surface area (Å²) in [6, 6.07) is -0.0849. The molecule has 0 saturated carbocycles. The van der Waals surface area contributed by atoms with Gasteiger partial charge in [-0.15, -0.1) is 0 Å². The molecule has 0 amide bonds. The van der Waals surface area contributed by atoms with Crippen molar-refractivity contribution >= 4 is 0 Å². The van der Waals surface area contributed by atoms with E-state index in [0.29, 0.717) is 0 Å². The highest BCUT2D eigenvalue weighted by Gasteiger charge is 2.08. The van der Waals surface area contributed by atoms with Gasteiger partial charge in [0.2, 0.25) is 0 Å². The van der Waals surface area contributed by atoms with Crippen molar-refractivity contribution in [3.8, 4) is 11.8 Å². The van der Waals surface area contributed by atoms with Gasteiger partial charge in [-0.3, -0.25) is 4.68 Å². The van der Waals surface area contributed by atoms with Gasteiger partial charge >= 0.3 is 0 Å². The van der Waals surface area contributed by atoms with Crippen LogP contribution in [0.3, 0.4) is 0 Å². The van der Waals surface area contributed by atoms with Crippen molar-refractivity contribution in [2.45, 2.75) is 46.7 Å². The zero-order valence-electron chi connectivity index (χ0n) is 9.96. The maximum atomic E-state index is 5.61. The first-order chi connectivity index (χ1) is 7.06. The Morgan fingerprint density at radius 2 is 2.13 bits per heavy atom. The smallest absolute Gasteiger partial charge is 0.0753 e. The Kier molecular flexibility index (Phi) is 3.93. The van der Waals surface area contributed by atoms with E-state index >= 15 is 0 Å². The number of hydrogen-bond acceptors (Lipinski definition) is 2. The number of rotatable bonds is 2. The monoisotopic (exact) mass is 205 g/mol. The zero-order chi connectivity index (χ0) is 11.4. The van der Waals surface area contributed by atoms with Crippen LogP contribution >= 0.6 is 0 Å². The third-order valence-corrected chi connectivity index (χ3v) is 2.24. The molecular formula is C12H19N3. The fourth-order valence-electron chi connectivity index (χ4n) is 1.49. The van der Waals surface area contributed by atoms with E-state index in [0.717, 1.165) is 29.9 Å². The van der Waals surface area contributed by atoms with Crippen molar-refractivity contribution in [2.24, 2.45) is 5.73 Å². The topological polar surface area (TPSA) is 43.8 Å². The van der Waals surface area contributed by atoms with E-state index in [2.05, 4.69) is 30.8 Å². The second kappa shape index (κ2) is 4.99. The van der Waals surface area contributed by atoms with Gasteiger partial charge in [0.1, 0.15) is 0 Å². The molecule has 1 aromatic heterocycles. The third-order valence-electron chi connectivity index (χ3n) is 2.24. The van der Waals surface area contributed by atoms with E-state index in [4.69, 9.17) is 5.73 Å². The Hall–Kier alpha value is -1.27. The highest BCUT2D eigenvalue weighted by atomic mass is 15.3. The molecule has 0 bridgehead atoms. The van der Waals surface area contributed by atoms with Crippen molar-refractivity contribution in [3.05, 3.63) is 17.0 Å². The zero-order valence-corrected chi connectivity index (χ0v) is 9.96. The third kappa shape index (κ3) is 2.84. The first kappa shape index (κ1) is 11.8. The lowest BCUT2D eigenvalue weighted by atomic mass is 10.2. The van der Waals surface area contributed by atoms with E-state index in [9.17, 15) is 0 Å². The van der Waals surface area contributed by atoms with Gasteiger partial charge in [-0.2, -0.15) is 5.10 Å². The molecule has 0 aliphatic heterocycles. The van der Waals surface area contributed by atoms with Crippen LogP contribution < -0.4 is 5.73 Å². The van der Waals surface area contributed by atoms with Crippen LogP contribution in [0.2, 0.25) is 0 Å². The summed E-state index contributed by atoms with van der Waals surface area (Å²) in [6.45, 7) is 9.02. The molecule has 1 unspecified atom stereocenters. The van der Waals surface area contributed by atoms with Crippen molar-refractivity contribution in [1.29, 1.82) is 0 Å². The minimum atomic E-state index is -0.0849. The van der Waals surface area contributed by atoms with Crippen molar-refractivity contribution in [3.63, 3.8) is 0 Å². The lowest BCUT2D eigenvalue weighted by Crippen LogP contribution is -2.11. The van der Waals surface area contributed by atoms with Crippen LogP contribution in [0.1, 0.15) is 37.2 Å². The minimum Gasteiger partial charge on any atom is -0.318 e. The molecule has 3 nitrogen and oxygen atoms in total. The molecule has 0 fully saturated rings. The molecule has 1 heterocycles. The quantitative estimate of drug-likeness (QED) is 0.745. The minimum absolute atomic E-state index is 0.0849. The average Bonchev–Trinajstić information content (AvgIpc) is 2.40. The highest BCUT2D eigenvalue weighted by Crippen LogP contribution is 2.11. The Morgan fingerprint density at radius 1 is 1.47 bits per heavy atom. The van der Waals surface area contributed by atoms with Gasteiger partial charge in [0.05, 0.1) is 23.0 Å². The number of hydrogen-bond donors (Lipinski definition) is 1. The van der Waals surface area contributed by atoms with Gasteiger partial charge in [-0.1, -0.05) is 18.8 Å². The maximum absolute atomic E-state index is 5.61. The van der Waals surface area contributed by atoms with Gasteiger partial charge in [0, 0.05) is 6.54 Å². The summed E-state index contributed by atoms with van der Waals surface area (Å²) in [6.07, 6.45) is 1.09. The summed E-state index contributed by atoms with van der Waals surface area (Å²) in [5.74, 6) is 6.07.